The Kier molecular flexibility index (Phi) is 9.37. The third-order valence-electron chi connectivity index (χ3n) is 4.40. The van der Waals surface area contributed by atoms with Crippen LogP contribution in [0.15, 0.2) is 24.3 Å². The summed E-state index contributed by atoms with van der Waals surface area (Å²) in [5.41, 5.74) is 6.69. The first-order chi connectivity index (χ1) is 12.0. The molecule has 146 valence electrons. The molecule has 26 heavy (non-hydrogen) atoms. The fourth-order valence-electron chi connectivity index (χ4n) is 2.89. The molecule has 3 N–H and O–H groups in total. The summed E-state index contributed by atoms with van der Waals surface area (Å²) in [6, 6.07) is 5.89. The van der Waals surface area contributed by atoms with Crippen LogP contribution in [-0.4, -0.2) is 55.5 Å². The predicted molar refractivity (Wildman–Crippen MR) is 103 cm³/mol. The van der Waals surface area contributed by atoms with Gasteiger partial charge in [0.15, 0.2) is 0 Å². The van der Waals surface area contributed by atoms with E-state index in [1.165, 1.54) is 12.1 Å². The van der Waals surface area contributed by atoms with Crippen molar-refractivity contribution in [3.05, 3.63) is 30.1 Å². The summed E-state index contributed by atoms with van der Waals surface area (Å²) in [6.07, 6.45) is 1.78. The third kappa shape index (κ3) is 6.46. The van der Waals surface area contributed by atoms with Crippen LogP contribution in [0.1, 0.15) is 26.2 Å². The van der Waals surface area contributed by atoms with Crippen LogP contribution in [0.25, 0.3) is 0 Å². The van der Waals surface area contributed by atoms with Crippen molar-refractivity contribution in [1.29, 1.82) is 0 Å². The Balaban J connectivity index is 0.00000338. The van der Waals surface area contributed by atoms with Gasteiger partial charge in [0.2, 0.25) is 11.8 Å². The van der Waals surface area contributed by atoms with E-state index < -0.39 is 6.04 Å². The van der Waals surface area contributed by atoms with Crippen LogP contribution < -0.4 is 16.0 Å². The zero-order valence-corrected chi connectivity index (χ0v) is 15.9. The van der Waals surface area contributed by atoms with E-state index in [0.717, 1.165) is 12.1 Å². The molecule has 0 aliphatic carbocycles. The van der Waals surface area contributed by atoms with Gasteiger partial charge in [-0.25, -0.2) is 4.39 Å². The van der Waals surface area contributed by atoms with Crippen LogP contribution >= 0.6 is 12.4 Å². The number of hydrogen-bond donors (Lipinski definition) is 2. The highest BCUT2D eigenvalue weighted by atomic mass is 35.5. The quantitative estimate of drug-likeness (QED) is 0.744. The van der Waals surface area contributed by atoms with Crippen molar-refractivity contribution < 1.29 is 14.0 Å². The van der Waals surface area contributed by atoms with Gasteiger partial charge in [-0.3, -0.25) is 9.59 Å². The van der Waals surface area contributed by atoms with Crippen LogP contribution in [0.3, 0.4) is 0 Å². The Labute approximate surface area is 160 Å². The monoisotopic (exact) mass is 386 g/mol. The standard InChI is InChI=1S/C18H27FN4O2.ClH/c1-2-3-16(20)18(25)21-9-8-17(24)23-12-10-22(11-13-23)15-6-4-14(19)5-7-15;/h4-7,16H,2-3,8-13,20H2,1H3,(H,21,25);1H. The van der Waals surface area contributed by atoms with Gasteiger partial charge < -0.3 is 20.9 Å². The number of nitrogens with one attached hydrogen (secondary N) is 1. The predicted octanol–water partition coefficient (Wildman–Crippen LogP) is 1.53. The Morgan fingerprint density at radius 1 is 1.19 bits per heavy atom. The molecule has 0 saturated carbocycles. The average molecular weight is 387 g/mol. The molecule has 1 aromatic rings. The van der Waals surface area contributed by atoms with E-state index in [-0.39, 0.29) is 36.5 Å². The zero-order valence-electron chi connectivity index (χ0n) is 15.1. The highest BCUT2D eigenvalue weighted by Gasteiger charge is 2.21. The lowest BCUT2D eigenvalue weighted by molar-refractivity contribution is -0.131. The molecule has 0 aromatic heterocycles. The third-order valence-corrected chi connectivity index (χ3v) is 4.40. The van der Waals surface area contributed by atoms with E-state index in [2.05, 4.69) is 10.2 Å². The molecule has 1 aromatic carbocycles. The first-order valence-corrected chi connectivity index (χ1v) is 8.83. The summed E-state index contributed by atoms with van der Waals surface area (Å²) in [7, 11) is 0. The van der Waals surface area contributed by atoms with Crippen molar-refractivity contribution in [2.45, 2.75) is 32.2 Å². The normalized spacial score (nSPS) is 15.2. The van der Waals surface area contributed by atoms with E-state index in [1.807, 2.05) is 6.92 Å². The van der Waals surface area contributed by atoms with Gasteiger partial charge in [-0.05, 0) is 30.7 Å². The average Bonchev–Trinajstić information content (AvgIpc) is 2.62. The molecule has 1 aliphatic heterocycles. The summed E-state index contributed by atoms with van der Waals surface area (Å²) in [6.45, 7) is 4.96. The number of hydrogen-bond acceptors (Lipinski definition) is 4. The number of halogens is 2. The molecule has 1 unspecified atom stereocenters. The van der Waals surface area contributed by atoms with E-state index in [0.29, 0.717) is 39.1 Å². The minimum Gasteiger partial charge on any atom is -0.368 e. The van der Waals surface area contributed by atoms with Crippen molar-refractivity contribution in [3.63, 3.8) is 0 Å². The number of piperazine rings is 1. The number of benzene rings is 1. The molecular weight excluding hydrogens is 359 g/mol. The van der Waals surface area contributed by atoms with Crippen LogP contribution in [0.2, 0.25) is 0 Å². The van der Waals surface area contributed by atoms with Gasteiger partial charge in [-0.2, -0.15) is 0 Å². The molecule has 1 saturated heterocycles. The molecule has 0 spiro atoms. The summed E-state index contributed by atoms with van der Waals surface area (Å²) >= 11 is 0. The number of carbonyl (C=O) groups is 2. The van der Waals surface area contributed by atoms with Gasteiger partial charge in [-0.15, -0.1) is 12.4 Å². The Bertz CT molecular complexity index is 577. The molecule has 6 nitrogen and oxygen atoms in total. The van der Waals surface area contributed by atoms with E-state index >= 15 is 0 Å². The maximum atomic E-state index is 13.0. The van der Waals surface area contributed by atoms with Crippen molar-refractivity contribution in [2.24, 2.45) is 5.73 Å². The number of carbonyl (C=O) groups excluding carboxylic acids is 2. The molecular formula is C18H28ClFN4O2. The number of amides is 2. The maximum Gasteiger partial charge on any atom is 0.236 e. The van der Waals surface area contributed by atoms with Crippen molar-refractivity contribution in [1.82, 2.24) is 10.2 Å². The minimum absolute atomic E-state index is 0. The van der Waals surface area contributed by atoms with Crippen molar-refractivity contribution in [3.8, 4) is 0 Å². The molecule has 1 heterocycles. The largest absolute Gasteiger partial charge is 0.368 e. The van der Waals surface area contributed by atoms with Gasteiger partial charge in [-0.1, -0.05) is 13.3 Å². The molecule has 1 aliphatic rings. The Hall–Kier alpha value is -1.86. The van der Waals surface area contributed by atoms with Gasteiger partial charge >= 0.3 is 0 Å². The number of rotatable bonds is 7. The molecule has 0 bridgehead atoms. The van der Waals surface area contributed by atoms with Crippen LogP contribution in [0.5, 0.6) is 0 Å². The van der Waals surface area contributed by atoms with E-state index in [4.69, 9.17) is 5.73 Å². The molecule has 2 rings (SSSR count). The lowest BCUT2D eigenvalue weighted by Crippen LogP contribution is -2.49. The SMILES string of the molecule is CCCC(N)C(=O)NCCC(=O)N1CCN(c2ccc(F)cc2)CC1.Cl. The van der Waals surface area contributed by atoms with Crippen LogP contribution in [0, 0.1) is 5.82 Å². The molecule has 1 fully saturated rings. The Morgan fingerprint density at radius 3 is 2.38 bits per heavy atom. The fraction of sp³-hybridized carbons (Fsp3) is 0.556. The first kappa shape index (κ1) is 22.2. The van der Waals surface area contributed by atoms with Crippen LogP contribution in [-0.2, 0) is 9.59 Å². The highest BCUT2D eigenvalue weighted by molar-refractivity contribution is 5.85. The van der Waals surface area contributed by atoms with Gasteiger partial charge in [0.1, 0.15) is 5.82 Å². The first-order valence-electron chi connectivity index (χ1n) is 8.83. The molecule has 1 atom stereocenters. The number of nitrogens with zero attached hydrogens (tertiary/aromatic N) is 2. The summed E-state index contributed by atoms with van der Waals surface area (Å²) < 4.78 is 13.0. The second-order valence-corrected chi connectivity index (χ2v) is 6.28. The van der Waals surface area contributed by atoms with Gasteiger partial charge in [0, 0.05) is 44.8 Å². The van der Waals surface area contributed by atoms with E-state index in [9.17, 15) is 14.0 Å². The lowest BCUT2D eigenvalue weighted by Gasteiger charge is -2.36. The summed E-state index contributed by atoms with van der Waals surface area (Å²) in [4.78, 5) is 27.9. The molecule has 0 radical (unpaired) electrons. The molecule has 8 heteroatoms. The summed E-state index contributed by atoms with van der Waals surface area (Å²) in [5, 5.41) is 2.72. The number of nitrogens with two attached hydrogens (primary N) is 1. The minimum atomic E-state index is -0.501. The van der Waals surface area contributed by atoms with Gasteiger partial charge in [0.25, 0.3) is 0 Å². The zero-order chi connectivity index (χ0) is 18.2. The van der Waals surface area contributed by atoms with Crippen molar-refractivity contribution >= 4 is 29.9 Å². The second-order valence-electron chi connectivity index (χ2n) is 6.28. The highest BCUT2D eigenvalue weighted by Crippen LogP contribution is 2.17. The second kappa shape index (κ2) is 11.0. The molecule has 2 amide bonds. The van der Waals surface area contributed by atoms with E-state index in [1.54, 1.807) is 17.0 Å². The fourth-order valence-corrected chi connectivity index (χ4v) is 2.89. The number of anilines is 1. The topological polar surface area (TPSA) is 78.7 Å². The van der Waals surface area contributed by atoms with Gasteiger partial charge in [0.05, 0.1) is 6.04 Å². The van der Waals surface area contributed by atoms with Crippen molar-refractivity contribution in [2.75, 3.05) is 37.6 Å². The maximum absolute atomic E-state index is 13.0. The smallest absolute Gasteiger partial charge is 0.236 e. The summed E-state index contributed by atoms with van der Waals surface area (Å²) in [5.74, 6) is -0.419. The lowest BCUT2D eigenvalue weighted by atomic mass is 10.1. The Morgan fingerprint density at radius 2 is 1.81 bits per heavy atom. The van der Waals surface area contributed by atoms with Crippen LogP contribution in [0.4, 0.5) is 10.1 Å².